The summed E-state index contributed by atoms with van der Waals surface area (Å²) in [6, 6.07) is 7.46. The molecular formula is C13H13BrN2O3. The van der Waals surface area contributed by atoms with Gasteiger partial charge in [-0.1, -0.05) is 0 Å². The van der Waals surface area contributed by atoms with Crippen molar-refractivity contribution in [2.24, 2.45) is 0 Å². The fraction of sp³-hybridized carbons (Fsp3) is 0.231. The quantitative estimate of drug-likeness (QED) is 0.886. The first-order valence-electron chi connectivity index (χ1n) is 5.79. The Morgan fingerprint density at radius 1 is 1.42 bits per heavy atom. The first-order valence-corrected chi connectivity index (χ1v) is 6.59. The lowest BCUT2D eigenvalue weighted by Gasteiger charge is -2.03. The average molecular weight is 325 g/mol. The minimum Gasteiger partial charge on any atom is -0.494 e. The van der Waals surface area contributed by atoms with E-state index in [1.807, 2.05) is 31.2 Å². The number of hydrogen-bond acceptors (Lipinski definition) is 3. The lowest BCUT2D eigenvalue weighted by Crippen LogP contribution is -2.00. The number of aliphatic carboxylic acids is 1. The Bertz CT molecular complexity index is 578. The van der Waals surface area contributed by atoms with Crippen LogP contribution in [0.5, 0.6) is 5.75 Å². The minimum atomic E-state index is -0.900. The molecular weight excluding hydrogens is 312 g/mol. The fourth-order valence-corrected chi connectivity index (χ4v) is 2.09. The molecule has 0 aliphatic heterocycles. The fourth-order valence-electron chi connectivity index (χ4n) is 1.67. The first-order chi connectivity index (χ1) is 9.10. The summed E-state index contributed by atoms with van der Waals surface area (Å²) in [5.41, 5.74) is 1.43. The molecule has 0 amide bonds. The number of hydrogen-bond donors (Lipinski definition) is 2. The van der Waals surface area contributed by atoms with E-state index in [2.05, 4.69) is 25.9 Å². The third kappa shape index (κ3) is 3.35. The summed E-state index contributed by atoms with van der Waals surface area (Å²) in [6.07, 6.45) is -0.0926. The molecule has 0 bridgehead atoms. The standard InChI is InChI=1S/C13H13BrN2O3/c1-2-19-9-5-3-8(4-6-9)13-15-10(7-11(17)18)12(14)16-13/h3-6H,2,7H2,1H3,(H,15,16)(H,17,18). The lowest BCUT2D eigenvalue weighted by atomic mass is 10.2. The van der Waals surface area contributed by atoms with Crippen LogP contribution in [0.1, 0.15) is 12.6 Å². The van der Waals surface area contributed by atoms with Gasteiger partial charge in [0.25, 0.3) is 0 Å². The lowest BCUT2D eigenvalue weighted by molar-refractivity contribution is -0.136. The van der Waals surface area contributed by atoms with E-state index in [1.54, 1.807) is 0 Å². The molecule has 2 rings (SSSR count). The molecule has 0 saturated carbocycles. The Labute approximate surface area is 118 Å². The van der Waals surface area contributed by atoms with Gasteiger partial charge in [0.2, 0.25) is 0 Å². The number of carboxylic acid groups (broad SMARTS) is 1. The van der Waals surface area contributed by atoms with E-state index in [0.29, 0.717) is 22.7 Å². The number of ether oxygens (including phenoxy) is 1. The molecule has 19 heavy (non-hydrogen) atoms. The number of halogens is 1. The predicted molar refractivity (Wildman–Crippen MR) is 74.2 cm³/mol. The van der Waals surface area contributed by atoms with E-state index >= 15 is 0 Å². The number of nitrogens with zero attached hydrogens (tertiary/aromatic N) is 1. The van der Waals surface area contributed by atoms with Gasteiger partial charge in [-0.05, 0) is 47.1 Å². The van der Waals surface area contributed by atoms with E-state index in [9.17, 15) is 4.79 Å². The van der Waals surface area contributed by atoms with E-state index < -0.39 is 5.97 Å². The number of aromatic amines is 1. The van der Waals surface area contributed by atoms with E-state index in [0.717, 1.165) is 11.3 Å². The van der Waals surface area contributed by atoms with Gasteiger partial charge in [-0.25, -0.2) is 4.98 Å². The third-order valence-corrected chi connectivity index (χ3v) is 3.15. The maximum Gasteiger partial charge on any atom is 0.309 e. The third-order valence-electron chi connectivity index (χ3n) is 2.50. The Balaban J connectivity index is 2.24. The summed E-state index contributed by atoms with van der Waals surface area (Å²) < 4.78 is 5.89. The van der Waals surface area contributed by atoms with Crippen LogP contribution in [-0.4, -0.2) is 27.7 Å². The molecule has 0 unspecified atom stereocenters. The van der Waals surface area contributed by atoms with Crippen molar-refractivity contribution in [2.75, 3.05) is 6.61 Å². The normalized spacial score (nSPS) is 10.4. The molecule has 5 nitrogen and oxygen atoms in total. The molecule has 6 heteroatoms. The van der Waals surface area contributed by atoms with Crippen molar-refractivity contribution in [2.45, 2.75) is 13.3 Å². The number of aromatic nitrogens is 2. The van der Waals surface area contributed by atoms with Crippen LogP contribution in [-0.2, 0) is 11.2 Å². The van der Waals surface area contributed by atoms with Gasteiger partial charge in [0.05, 0.1) is 18.7 Å². The molecule has 0 atom stereocenters. The second-order valence-corrected chi connectivity index (χ2v) is 4.63. The zero-order valence-corrected chi connectivity index (χ0v) is 11.9. The molecule has 0 fully saturated rings. The monoisotopic (exact) mass is 324 g/mol. The molecule has 2 N–H and O–H groups in total. The Morgan fingerprint density at radius 2 is 2.11 bits per heavy atom. The number of carbonyl (C=O) groups is 1. The summed E-state index contributed by atoms with van der Waals surface area (Å²) in [4.78, 5) is 18.0. The second kappa shape index (κ2) is 5.88. The molecule has 0 radical (unpaired) electrons. The van der Waals surface area contributed by atoms with Crippen molar-refractivity contribution in [1.29, 1.82) is 0 Å². The van der Waals surface area contributed by atoms with Gasteiger partial charge in [0.1, 0.15) is 16.2 Å². The number of rotatable bonds is 5. The first kappa shape index (κ1) is 13.6. The zero-order chi connectivity index (χ0) is 13.8. The van der Waals surface area contributed by atoms with Crippen LogP contribution < -0.4 is 4.74 Å². The maximum absolute atomic E-state index is 10.7. The summed E-state index contributed by atoms with van der Waals surface area (Å²) in [5, 5.41) is 8.78. The molecule has 0 saturated heterocycles. The van der Waals surface area contributed by atoms with Crippen molar-refractivity contribution in [1.82, 2.24) is 9.97 Å². The van der Waals surface area contributed by atoms with Crippen molar-refractivity contribution in [3.63, 3.8) is 0 Å². The highest BCUT2D eigenvalue weighted by Gasteiger charge is 2.12. The number of imidazole rings is 1. The van der Waals surface area contributed by atoms with E-state index in [-0.39, 0.29) is 6.42 Å². The summed E-state index contributed by atoms with van der Waals surface area (Å²) in [7, 11) is 0. The van der Waals surface area contributed by atoms with Gasteiger partial charge in [0, 0.05) is 5.56 Å². The van der Waals surface area contributed by atoms with Gasteiger partial charge < -0.3 is 14.8 Å². The predicted octanol–water partition coefficient (Wildman–Crippen LogP) is 2.87. The van der Waals surface area contributed by atoms with Gasteiger partial charge in [-0.3, -0.25) is 4.79 Å². The second-order valence-electron chi connectivity index (χ2n) is 3.88. The summed E-state index contributed by atoms with van der Waals surface area (Å²) in [6.45, 7) is 2.55. The van der Waals surface area contributed by atoms with Crippen molar-refractivity contribution in [3.05, 3.63) is 34.6 Å². The van der Waals surface area contributed by atoms with Crippen LogP contribution in [0.25, 0.3) is 11.4 Å². The number of benzene rings is 1. The van der Waals surface area contributed by atoms with Crippen molar-refractivity contribution in [3.8, 4) is 17.1 Å². The van der Waals surface area contributed by atoms with E-state index in [1.165, 1.54) is 0 Å². The number of carboxylic acids is 1. The number of H-pyrrole nitrogens is 1. The maximum atomic E-state index is 10.7. The van der Waals surface area contributed by atoms with Crippen LogP contribution in [0, 0.1) is 0 Å². The van der Waals surface area contributed by atoms with Gasteiger partial charge in [0.15, 0.2) is 0 Å². The SMILES string of the molecule is CCOc1ccc(-c2nc(Br)c(CC(=O)O)[nH]2)cc1. The number of nitrogens with one attached hydrogen (secondary N) is 1. The Kier molecular flexibility index (Phi) is 4.21. The van der Waals surface area contributed by atoms with Crippen LogP contribution in [0.2, 0.25) is 0 Å². The molecule has 1 heterocycles. The van der Waals surface area contributed by atoms with Crippen LogP contribution in [0.3, 0.4) is 0 Å². The van der Waals surface area contributed by atoms with Gasteiger partial charge in [-0.15, -0.1) is 0 Å². The van der Waals surface area contributed by atoms with Crippen LogP contribution in [0.15, 0.2) is 28.9 Å². The van der Waals surface area contributed by atoms with Crippen LogP contribution in [0.4, 0.5) is 0 Å². The van der Waals surface area contributed by atoms with Crippen molar-refractivity contribution >= 4 is 21.9 Å². The molecule has 100 valence electrons. The highest BCUT2D eigenvalue weighted by molar-refractivity contribution is 9.10. The van der Waals surface area contributed by atoms with E-state index in [4.69, 9.17) is 9.84 Å². The highest BCUT2D eigenvalue weighted by Crippen LogP contribution is 2.24. The Hall–Kier alpha value is -1.82. The van der Waals surface area contributed by atoms with Crippen LogP contribution >= 0.6 is 15.9 Å². The molecule has 2 aromatic rings. The smallest absolute Gasteiger partial charge is 0.309 e. The Morgan fingerprint density at radius 3 is 2.68 bits per heavy atom. The molecule has 0 aliphatic rings. The van der Waals surface area contributed by atoms with Crippen molar-refractivity contribution < 1.29 is 14.6 Å². The molecule has 0 spiro atoms. The molecule has 1 aromatic carbocycles. The van der Waals surface area contributed by atoms with Gasteiger partial charge in [-0.2, -0.15) is 0 Å². The minimum absolute atomic E-state index is 0.0926. The molecule has 1 aromatic heterocycles. The highest BCUT2D eigenvalue weighted by atomic mass is 79.9. The topological polar surface area (TPSA) is 75.2 Å². The molecule has 0 aliphatic carbocycles. The average Bonchev–Trinajstić information content (AvgIpc) is 2.71. The van der Waals surface area contributed by atoms with Gasteiger partial charge >= 0.3 is 5.97 Å². The zero-order valence-electron chi connectivity index (χ0n) is 10.3. The largest absolute Gasteiger partial charge is 0.494 e. The summed E-state index contributed by atoms with van der Waals surface area (Å²) >= 11 is 3.25. The summed E-state index contributed by atoms with van der Waals surface area (Å²) in [5.74, 6) is 0.524.